The van der Waals surface area contributed by atoms with E-state index < -0.39 is 0 Å². The number of halogens is 1. The summed E-state index contributed by atoms with van der Waals surface area (Å²) in [6.07, 6.45) is 0.490. The molecule has 0 bridgehead atoms. The van der Waals surface area contributed by atoms with Crippen LogP contribution >= 0.6 is 22.6 Å². The molecule has 5 heteroatoms. The van der Waals surface area contributed by atoms with Crippen molar-refractivity contribution in [3.63, 3.8) is 0 Å². The Kier molecular flexibility index (Phi) is 6.36. The average Bonchev–Trinajstić information content (AvgIpc) is 2.51. The molecule has 24 heavy (non-hydrogen) atoms. The Morgan fingerprint density at radius 3 is 2.17 bits per heavy atom. The fraction of sp³-hybridized carbons (Fsp3) is 0.263. The first-order chi connectivity index (χ1) is 11.4. The summed E-state index contributed by atoms with van der Waals surface area (Å²) >= 11 is 2.18. The number of carbonyl (C=O) groups is 2. The molecule has 2 N–H and O–H groups in total. The summed E-state index contributed by atoms with van der Waals surface area (Å²) < 4.78 is 0.949. The predicted molar refractivity (Wildman–Crippen MR) is 106 cm³/mol. The highest BCUT2D eigenvalue weighted by Gasteiger charge is 2.11. The smallest absolute Gasteiger partial charge is 0.256 e. The minimum atomic E-state index is -0.139. The Morgan fingerprint density at radius 1 is 1.00 bits per heavy atom. The van der Waals surface area contributed by atoms with Crippen LogP contribution in [0.1, 0.15) is 36.2 Å². The number of anilines is 2. The molecule has 0 aliphatic heterocycles. The molecular weight excluding hydrogens is 415 g/mol. The number of rotatable bonds is 5. The van der Waals surface area contributed by atoms with Crippen molar-refractivity contribution in [3.05, 3.63) is 57.2 Å². The highest BCUT2D eigenvalue weighted by atomic mass is 127. The third-order valence-corrected chi connectivity index (χ3v) is 4.89. The number of benzene rings is 2. The Labute approximate surface area is 156 Å². The predicted octanol–water partition coefficient (Wildman–Crippen LogP) is 4.84. The lowest BCUT2D eigenvalue weighted by Gasteiger charge is -2.10. The molecule has 2 rings (SSSR count). The first-order valence-electron chi connectivity index (χ1n) is 7.83. The Balaban J connectivity index is 2.02. The first kappa shape index (κ1) is 18.4. The summed E-state index contributed by atoms with van der Waals surface area (Å²) in [5.74, 6) is 0.177. The number of hydrogen-bond acceptors (Lipinski definition) is 2. The molecule has 4 nitrogen and oxygen atoms in total. The molecule has 0 aliphatic carbocycles. The van der Waals surface area contributed by atoms with E-state index in [2.05, 4.69) is 33.2 Å². The zero-order valence-corrected chi connectivity index (χ0v) is 16.2. The standard InChI is InChI=1S/C19H21IN2O2/c1-12(2)11-17(23)21-14-7-9-15(10-8-14)22-19(24)16-6-4-5-13(3)18(16)20/h4-10,12H,11H2,1-3H3,(H,21,23)(H,22,24). The van der Waals surface area contributed by atoms with Gasteiger partial charge in [0.2, 0.25) is 5.91 Å². The maximum atomic E-state index is 12.4. The maximum absolute atomic E-state index is 12.4. The topological polar surface area (TPSA) is 58.2 Å². The van der Waals surface area contributed by atoms with Gasteiger partial charge in [-0.2, -0.15) is 0 Å². The molecule has 0 atom stereocenters. The quantitative estimate of drug-likeness (QED) is 0.660. The van der Waals surface area contributed by atoms with Crippen molar-refractivity contribution in [3.8, 4) is 0 Å². The summed E-state index contributed by atoms with van der Waals surface area (Å²) in [5.41, 5.74) is 3.15. The summed E-state index contributed by atoms with van der Waals surface area (Å²) in [7, 11) is 0. The molecule has 0 fully saturated rings. The van der Waals surface area contributed by atoms with Crippen molar-refractivity contribution in [2.45, 2.75) is 27.2 Å². The van der Waals surface area contributed by atoms with E-state index in [1.807, 2.05) is 39.0 Å². The van der Waals surface area contributed by atoms with Crippen molar-refractivity contribution < 1.29 is 9.59 Å². The van der Waals surface area contributed by atoms with Crippen molar-refractivity contribution >= 4 is 45.8 Å². The molecule has 126 valence electrons. The van der Waals surface area contributed by atoms with Crippen LogP contribution in [-0.4, -0.2) is 11.8 Å². The molecule has 0 unspecified atom stereocenters. The highest BCUT2D eigenvalue weighted by molar-refractivity contribution is 14.1. The van der Waals surface area contributed by atoms with Crippen LogP contribution in [0.5, 0.6) is 0 Å². The second-order valence-corrected chi connectivity index (χ2v) is 7.19. The van der Waals surface area contributed by atoms with Gasteiger partial charge in [0.1, 0.15) is 0 Å². The normalized spacial score (nSPS) is 10.5. The van der Waals surface area contributed by atoms with Gasteiger partial charge < -0.3 is 10.6 Å². The van der Waals surface area contributed by atoms with Crippen LogP contribution in [0.15, 0.2) is 42.5 Å². The fourth-order valence-corrected chi connectivity index (χ4v) is 2.85. The van der Waals surface area contributed by atoms with E-state index in [9.17, 15) is 9.59 Å². The number of carbonyl (C=O) groups excluding carboxylic acids is 2. The lowest BCUT2D eigenvalue weighted by Crippen LogP contribution is -2.15. The molecular formula is C19H21IN2O2. The van der Waals surface area contributed by atoms with Gasteiger partial charge in [-0.15, -0.1) is 0 Å². The van der Waals surface area contributed by atoms with E-state index in [4.69, 9.17) is 0 Å². The van der Waals surface area contributed by atoms with Gasteiger partial charge in [0.25, 0.3) is 5.91 Å². The third-order valence-electron chi connectivity index (χ3n) is 3.46. The minimum Gasteiger partial charge on any atom is -0.326 e. The largest absolute Gasteiger partial charge is 0.326 e. The van der Waals surface area contributed by atoms with Crippen molar-refractivity contribution in [1.29, 1.82) is 0 Å². The zero-order valence-electron chi connectivity index (χ0n) is 14.0. The molecule has 2 amide bonds. The van der Waals surface area contributed by atoms with E-state index in [-0.39, 0.29) is 11.8 Å². The monoisotopic (exact) mass is 436 g/mol. The van der Waals surface area contributed by atoms with Gasteiger partial charge in [-0.05, 0) is 71.3 Å². The molecule has 0 saturated carbocycles. The van der Waals surface area contributed by atoms with E-state index >= 15 is 0 Å². The van der Waals surface area contributed by atoms with E-state index in [1.165, 1.54) is 0 Å². The van der Waals surface area contributed by atoms with Crippen molar-refractivity contribution in [1.82, 2.24) is 0 Å². The number of nitrogens with one attached hydrogen (secondary N) is 2. The summed E-state index contributed by atoms with van der Waals surface area (Å²) in [4.78, 5) is 24.1. The van der Waals surface area contributed by atoms with Crippen molar-refractivity contribution in [2.75, 3.05) is 10.6 Å². The number of aryl methyl sites for hydroxylation is 1. The summed E-state index contributed by atoms with van der Waals surface area (Å²) in [6.45, 7) is 5.99. The van der Waals surface area contributed by atoms with Gasteiger partial charge in [0, 0.05) is 21.4 Å². The van der Waals surface area contributed by atoms with Crippen molar-refractivity contribution in [2.24, 2.45) is 5.92 Å². The second-order valence-electron chi connectivity index (χ2n) is 6.11. The Hall–Kier alpha value is -1.89. The molecule has 0 aromatic heterocycles. The SMILES string of the molecule is Cc1cccc(C(=O)Nc2ccc(NC(=O)CC(C)C)cc2)c1I. The van der Waals surface area contributed by atoms with Gasteiger partial charge in [-0.1, -0.05) is 26.0 Å². The maximum Gasteiger partial charge on any atom is 0.256 e. The highest BCUT2D eigenvalue weighted by Crippen LogP contribution is 2.19. The number of hydrogen-bond donors (Lipinski definition) is 2. The fourth-order valence-electron chi connectivity index (χ4n) is 2.24. The number of amides is 2. The third kappa shape index (κ3) is 5.06. The van der Waals surface area contributed by atoms with Crippen LogP contribution < -0.4 is 10.6 Å². The lowest BCUT2D eigenvalue weighted by molar-refractivity contribution is -0.116. The average molecular weight is 436 g/mol. The van der Waals surface area contributed by atoms with Crippen LogP contribution in [0, 0.1) is 16.4 Å². The molecule has 0 saturated heterocycles. The molecule has 2 aromatic rings. The second kappa shape index (κ2) is 8.28. The van der Waals surface area contributed by atoms with Crippen LogP contribution in [0.3, 0.4) is 0 Å². The van der Waals surface area contributed by atoms with E-state index in [0.717, 1.165) is 14.8 Å². The minimum absolute atomic E-state index is 0.00361. The molecule has 0 aliphatic rings. The summed E-state index contributed by atoms with van der Waals surface area (Å²) in [6, 6.07) is 12.8. The van der Waals surface area contributed by atoms with Crippen LogP contribution in [-0.2, 0) is 4.79 Å². The van der Waals surface area contributed by atoms with Gasteiger partial charge in [0.15, 0.2) is 0 Å². The van der Waals surface area contributed by atoms with Crippen LogP contribution in [0.25, 0.3) is 0 Å². The van der Waals surface area contributed by atoms with E-state index in [0.29, 0.717) is 23.6 Å². The van der Waals surface area contributed by atoms with Crippen LogP contribution in [0.4, 0.5) is 11.4 Å². The Bertz CT molecular complexity index is 740. The molecule has 2 aromatic carbocycles. The van der Waals surface area contributed by atoms with Gasteiger partial charge in [-0.25, -0.2) is 0 Å². The first-order valence-corrected chi connectivity index (χ1v) is 8.91. The van der Waals surface area contributed by atoms with Gasteiger partial charge in [0.05, 0.1) is 5.56 Å². The summed E-state index contributed by atoms with van der Waals surface area (Å²) in [5, 5.41) is 5.73. The van der Waals surface area contributed by atoms with Gasteiger partial charge in [-0.3, -0.25) is 9.59 Å². The molecule has 0 spiro atoms. The molecule has 0 heterocycles. The van der Waals surface area contributed by atoms with Gasteiger partial charge >= 0.3 is 0 Å². The Morgan fingerprint density at radius 2 is 1.58 bits per heavy atom. The molecule has 0 radical (unpaired) electrons. The zero-order chi connectivity index (χ0) is 17.7. The van der Waals surface area contributed by atoms with E-state index in [1.54, 1.807) is 24.3 Å². The lowest BCUT2D eigenvalue weighted by atomic mass is 10.1. The van der Waals surface area contributed by atoms with Crippen LogP contribution in [0.2, 0.25) is 0 Å².